The Morgan fingerprint density at radius 3 is 2.69 bits per heavy atom. The number of rotatable bonds is 5. The number of esters is 1. The summed E-state index contributed by atoms with van der Waals surface area (Å²) in [6.07, 6.45) is 7.14. The first-order valence-electron chi connectivity index (χ1n) is 9.65. The van der Waals surface area contributed by atoms with Gasteiger partial charge in [-0.2, -0.15) is 0 Å². The molecule has 4 rings (SSSR count). The van der Waals surface area contributed by atoms with E-state index in [0.29, 0.717) is 27.1 Å². The molecule has 0 aromatic heterocycles. The number of nitrogens with zero attached hydrogens (tertiary/aromatic N) is 1. The van der Waals surface area contributed by atoms with Crippen molar-refractivity contribution >= 4 is 51.3 Å². The van der Waals surface area contributed by atoms with Crippen molar-refractivity contribution in [2.75, 3.05) is 13.7 Å². The van der Waals surface area contributed by atoms with Gasteiger partial charge < -0.3 is 14.8 Å². The van der Waals surface area contributed by atoms with Gasteiger partial charge in [-0.05, 0) is 58.9 Å². The minimum absolute atomic E-state index is 0.127. The molecule has 0 aliphatic carbocycles. The number of thioether (sulfide) groups is 1. The zero-order valence-corrected chi connectivity index (χ0v) is 17.9. The van der Waals surface area contributed by atoms with Gasteiger partial charge >= 0.3 is 5.97 Å². The van der Waals surface area contributed by atoms with Crippen LogP contribution in [0.1, 0.15) is 15.9 Å². The molecule has 0 saturated carbocycles. The van der Waals surface area contributed by atoms with Crippen molar-refractivity contribution in [3.63, 3.8) is 0 Å². The van der Waals surface area contributed by atoms with Crippen LogP contribution in [0.2, 0.25) is 0 Å². The van der Waals surface area contributed by atoms with Crippen LogP contribution in [0.5, 0.6) is 5.75 Å². The number of benzene rings is 3. The summed E-state index contributed by atoms with van der Waals surface area (Å²) >= 11 is 1.23. The predicted molar refractivity (Wildman–Crippen MR) is 127 cm³/mol. The van der Waals surface area contributed by atoms with Gasteiger partial charge in [0.1, 0.15) is 12.4 Å². The lowest BCUT2D eigenvalue weighted by atomic mass is 10.0. The molecule has 32 heavy (non-hydrogen) atoms. The van der Waals surface area contributed by atoms with Crippen molar-refractivity contribution in [3.8, 4) is 18.1 Å². The van der Waals surface area contributed by atoms with Crippen molar-refractivity contribution in [1.82, 2.24) is 5.32 Å². The van der Waals surface area contributed by atoms with E-state index in [4.69, 9.17) is 15.9 Å². The molecule has 1 amide bonds. The normalized spacial score (nSPS) is 15.6. The van der Waals surface area contributed by atoms with Crippen molar-refractivity contribution < 1.29 is 19.1 Å². The molecule has 158 valence electrons. The molecule has 3 aromatic carbocycles. The van der Waals surface area contributed by atoms with Crippen LogP contribution in [-0.2, 0) is 9.53 Å². The molecular formula is C25H18N2O4S. The van der Waals surface area contributed by atoms with E-state index < -0.39 is 5.97 Å². The van der Waals surface area contributed by atoms with Crippen molar-refractivity contribution in [2.24, 2.45) is 4.99 Å². The van der Waals surface area contributed by atoms with Crippen molar-refractivity contribution in [1.29, 1.82) is 0 Å². The zero-order valence-electron chi connectivity index (χ0n) is 17.1. The molecule has 7 heteroatoms. The fourth-order valence-electron chi connectivity index (χ4n) is 3.19. The van der Waals surface area contributed by atoms with Crippen molar-refractivity contribution in [3.05, 3.63) is 76.7 Å². The van der Waals surface area contributed by atoms with Gasteiger partial charge in [-0.1, -0.05) is 36.3 Å². The maximum atomic E-state index is 12.6. The first-order valence-corrected chi connectivity index (χ1v) is 10.5. The zero-order chi connectivity index (χ0) is 22.5. The lowest BCUT2D eigenvalue weighted by Crippen LogP contribution is -2.19. The van der Waals surface area contributed by atoms with Crippen LogP contribution < -0.4 is 10.1 Å². The third kappa shape index (κ3) is 4.51. The number of methoxy groups -OCH3 is 1. The molecule has 0 unspecified atom stereocenters. The monoisotopic (exact) mass is 442 g/mol. The summed E-state index contributed by atoms with van der Waals surface area (Å²) in [5.41, 5.74) is 1.81. The molecule has 0 atom stereocenters. The topological polar surface area (TPSA) is 77.0 Å². The van der Waals surface area contributed by atoms with Crippen LogP contribution in [0.3, 0.4) is 0 Å². The highest BCUT2D eigenvalue weighted by molar-refractivity contribution is 8.18. The van der Waals surface area contributed by atoms with E-state index in [1.165, 1.54) is 18.9 Å². The highest BCUT2D eigenvalue weighted by atomic mass is 32.2. The van der Waals surface area contributed by atoms with E-state index in [1.54, 1.807) is 30.3 Å². The predicted octanol–water partition coefficient (Wildman–Crippen LogP) is 4.53. The second-order valence-electron chi connectivity index (χ2n) is 6.71. The minimum Gasteiger partial charge on any atom is -0.480 e. The summed E-state index contributed by atoms with van der Waals surface area (Å²) in [6, 6.07) is 18.3. The summed E-state index contributed by atoms with van der Waals surface area (Å²) in [7, 11) is 1.33. The van der Waals surface area contributed by atoms with Crippen LogP contribution >= 0.6 is 11.8 Å². The number of nitrogens with one attached hydrogen (secondary N) is 1. The van der Waals surface area contributed by atoms with Crippen molar-refractivity contribution in [2.45, 2.75) is 0 Å². The Kier molecular flexibility index (Phi) is 6.24. The average molecular weight is 442 g/mol. The molecule has 0 bridgehead atoms. The number of terminal acetylenes is 1. The maximum Gasteiger partial charge on any atom is 0.337 e. The molecule has 1 aliphatic heterocycles. The lowest BCUT2D eigenvalue weighted by Gasteiger charge is -2.10. The number of aliphatic imine (C=N–C) groups is 1. The van der Waals surface area contributed by atoms with E-state index in [-0.39, 0.29) is 12.5 Å². The third-order valence-electron chi connectivity index (χ3n) is 4.69. The fourth-order valence-corrected chi connectivity index (χ4v) is 4.01. The van der Waals surface area contributed by atoms with Crippen LogP contribution in [0, 0.1) is 12.3 Å². The summed E-state index contributed by atoms with van der Waals surface area (Å²) in [6.45, 7) is 0.127. The maximum absolute atomic E-state index is 12.6. The van der Waals surface area contributed by atoms with Gasteiger partial charge in [-0.25, -0.2) is 9.79 Å². The molecular weight excluding hydrogens is 424 g/mol. The highest BCUT2D eigenvalue weighted by Crippen LogP contribution is 2.34. The number of fused-ring (bicyclic) bond motifs is 1. The Bertz CT molecular complexity index is 1300. The second kappa shape index (κ2) is 9.41. The number of hydrogen-bond acceptors (Lipinski definition) is 6. The molecule has 1 heterocycles. The Morgan fingerprint density at radius 2 is 1.94 bits per heavy atom. The van der Waals surface area contributed by atoms with Gasteiger partial charge in [-0.15, -0.1) is 6.42 Å². The minimum atomic E-state index is -0.420. The molecule has 0 spiro atoms. The van der Waals surface area contributed by atoms with Gasteiger partial charge in [0, 0.05) is 5.56 Å². The van der Waals surface area contributed by atoms with E-state index in [9.17, 15) is 9.59 Å². The SMILES string of the molecule is C#CCOc1ccc2ccccc2c1/C=C1/SC(=Nc2ccc(C(=O)OC)cc2)NC1=O. The van der Waals surface area contributed by atoms with E-state index in [2.05, 4.69) is 16.2 Å². The molecule has 1 aliphatic rings. The van der Waals surface area contributed by atoms with Gasteiger partial charge in [0.15, 0.2) is 5.17 Å². The Hall–Kier alpha value is -4.02. The summed E-state index contributed by atoms with van der Waals surface area (Å²) in [5.74, 6) is 2.40. The first kappa shape index (κ1) is 21.2. The molecule has 1 N–H and O–H groups in total. The number of ether oxygens (including phenoxy) is 2. The Morgan fingerprint density at radius 1 is 1.16 bits per heavy atom. The number of carbonyl (C=O) groups is 2. The van der Waals surface area contributed by atoms with E-state index in [0.717, 1.165) is 16.3 Å². The van der Waals surface area contributed by atoms with Crippen LogP contribution in [0.4, 0.5) is 5.69 Å². The lowest BCUT2D eigenvalue weighted by molar-refractivity contribution is -0.115. The number of amidine groups is 1. The van der Waals surface area contributed by atoms with Crippen LogP contribution in [0.25, 0.3) is 16.8 Å². The van der Waals surface area contributed by atoms with Gasteiger partial charge in [0.05, 0.1) is 23.3 Å². The molecule has 6 nitrogen and oxygen atoms in total. The van der Waals surface area contributed by atoms with E-state index >= 15 is 0 Å². The average Bonchev–Trinajstić information content (AvgIpc) is 3.16. The van der Waals surface area contributed by atoms with Gasteiger partial charge in [-0.3, -0.25) is 4.79 Å². The molecule has 1 fully saturated rings. The van der Waals surface area contributed by atoms with Crippen LogP contribution in [-0.4, -0.2) is 30.8 Å². The standard InChI is InChI=1S/C25H18N2O4S/c1-3-14-31-21-13-10-16-6-4-5-7-19(16)20(21)15-22-23(28)27-25(32-22)26-18-11-8-17(9-12-18)24(29)30-2/h1,4-13,15H,14H2,2H3,(H,26,27,28)/b22-15+. The quantitative estimate of drug-likeness (QED) is 0.357. The van der Waals surface area contributed by atoms with Gasteiger partial charge in [0.25, 0.3) is 5.91 Å². The Balaban J connectivity index is 1.65. The fraction of sp³-hybridized carbons (Fsp3) is 0.0800. The van der Waals surface area contributed by atoms with Crippen LogP contribution in [0.15, 0.2) is 70.6 Å². The summed E-state index contributed by atoms with van der Waals surface area (Å²) < 4.78 is 10.4. The first-order chi connectivity index (χ1) is 15.6. The molecule has 1 saturated heterocycles. The highest BCUT2D eigenvalue weighted by Gasteiger charge is 2.25. The molecule has 0 radical (unpaired) electrons. The smallest absolute Gasteiger partial charge is 0.337 e. The second-order valence-corrected chi connectivity index (χ2v) is 7.74. The van der Waals surface area contributed by atoms with Gasteiger partial charge in [0.2, 0.25) is 0 Å². The summed E-state index contributed by atoms with van der Waals surface area (Å²) in [4.78, 5) is 29.1. The number of hydrogen-bond donors (Lipinski definition) is 1. The van der Waals surface area contributed by atoms with E-state index in [1.807, 2.05) is 36.4 Å². The molecule has 3 aromatic rings. The number of carbonyl (C=O) groups excluding carboxylic acids is 2. The third-order valence-corrected chi connectivity index (χ3v) is 5.60. The largest absolute Gasteiger partial charge is 0.480 e. The Labute approximate surface area is 189 Å². The summed E-state index contributed by atoms with van der Waals surface area (Å²) in [5, 5.41) is 5.19. The number of amides is 1.